The summed E-state index contributed by atoms with van der Waals surface area (Å²) in [5.74, 6) is 0. The molecule has 0 aliphatic rings. The van der Waals surface area contributed by atoms with Gasteiger partial charge >= 0.3 is 28.1 Å². The third kappa shape index (κ3) is 56.1. The molecule has 0 bridgehead atoms. The minimum absolute atomic E-state index is 1.07. The standard InChI is InChI=1S/C4H9.H2O.O.Sn.H/c1-3-4-2;;;;/h1,3-4H2,2H3;1H2;;;/q;;;+1;/p-1. The molecule has 1 radical (unpaired) electrons. The fourth-order valence-electron chi connectivity index (χ4n) is 0. The summed E-state index contributed by atoms with van der Waals surface area (Å²) in [7, 11) is 0. The first-order chi connectivity index (χ1) is 3.33. The molecular weight excluding hydrogens is 199 g/mol. The van der Waals surface area contributed by atoms with Gasteiger partial charge in [0.25, 0.3) is 0 Å². The summed E-state index contributed by atoms with van der Waals surface area (Å²) < 4.78 is 15.9. The first kappa shape index (κ1) is 10.5. The molecule has 0 saturated heterocycles. The zero-order valence-corrected chi connectivity index (χ0v) is 7.85. The Bertz CT molecular complexity index is 28.9. The van der Waals surface area contributed by atoms with Gasteiger partial charge in [0.1, 0.15) is 0 Å². The summed E-state index contributed by atoms with van der Waals surface area (Å²) in [5, 5.41) is 0. The Morgan fingerprint density at radius 3 is 2.00 bits per heavy atom. The molecule has 0 heterocycles. The van der Waals surface area contributed by atoms with Crippen LogP contribution in [0.1, 0.15) is 19.8 Å². The topological polar surface area (TPSA) is 37.3 Å². The molecule has 7 heavy (non-hydrogen) atoms. The molecule has 43 valence electrons. The molecule has 3 heteroatoms. The summed E-state index contributed by atoms with van der Waals surface area (Å²) in [4.78, 5) is 0. The second-order valence-electron chi connectivity index (χ2n) is 0.959. The van der Waals surface area contributed by atoms with E-state index in [1.807, 2.05) is 0 Å². The van der Waals surface area contributed by atoms with Crippen molar-refractivity contribution in [1.29, 1.82) is 0 Å². The van der Waals surface area contributed by atoms with Gasteiger partial charge in [-0.3, -0.25) is 0 Å². The zero-order chi connectivity index (χ0) is 6.12. The normalized spacial score (nSPS) is 6.14. The van der Waals surface area contributed by atoms with Gasteiger partial charge in [0, 0.05) is 0 Å². The molecule has 0 aliphatic heterocycles. The molecular formula is C4H11O2Sn. The van der Waals surface area contributed by atoms with Crippen molar-refractivity contribution < 1.29 is 6.52 Å². The molecule has 0 aromatic rings. The fraction of sp³-hybridized carbons (Fsp3) is 0.750. The van der Waals surface area contributed by atoms with Crippen LogP contribution >= 0.6 is 0 Å². The van der Waals surface area contributed by atoms with Crippen LogP contribution in [0.25, 0.3) is 0 Å². The Labute approximate surface area is 55.1 Å². The fourth-order valence-corrected chi connectivity index (χ4v) is 0. The van der Waals surface area contributed by atoms with Crippen LogP contribution in [0.4, 0.5) is 0 Å². The van der Waals surface area contributed by atoms with Gasteiger partial charge in [-0.25, -0.2) is 0 Å². The summed E-state index contributed by atoms with van der Waals surface area (Å²) in [5.41, 5.74) is 0. The van der Waals surface area contributed by atoms with E-state index in [0.29, 0.717) is 0 Å². The van der Waals surface area contributed by atoms with Crippen molar-refractivity contribution >= 4 is 21.5 Å². The Morgan fingerprint density at radius 2 is 2.00 bits per heavy atom. The van der Waals surface area contributed by atoms with Gasteiger partial charge in [0.15, 0.2) is 0 Å². The van der Waals surface area contributed by atoms with Gasteiger partial charge in [-0.15, -0.1) is 0 Å². The molecule has 1 N–H and O–H groups in total. The van der Waals surface area contributed by atoms with Crippen LogP contribution in [0.15, 0.2) is 0 Å². The van der Waals surface area contributed by atoms with Gasteiger partial charge in [-0.1, -0.05) is 26.7 Å². The Kier molecular flexibility index (Phi) is 24.1. The molecule has 0 atom stereocenters. The maximum absolute atomic E-state index is 8.68. The molecule has 0 fully saturated rings. The van der Waals surface area contributed by atoms with Crippen LogP contribution in [0.2, 0.25) is 0 Å². The van der Waals surface area contributed by atoms with Gasteiger partial charge in [0.05, 0.1) is 0 Å². The summed E-state index contributed by atoms with van der Waals surface area (Å²) >= 11 is -2.14. The van der Waals surface area contributed by atoms with Crippen molar-refractivity contribution in [1.82, 2.24) is 0 Å². The van der Waals surface area contributed by atoms with Crippen LogP contribution in [0.5, 0.6) is 0 Å². The summed E-state index contributed by atoms with van der Waals surface area (Å²) in [6.45, 7) is 5.72. The van der Waals surface area contributed by atoms with Crippen LogP contribution in [0.3, 0.4) is 0 Å². The first-order valence-electron chi connectivity index (χ1n) is 2.20. The van der Waals surface area contributed by atoms with E-state index in [2.05, 4.69) is 13.8 Å². The first-order valence-corrected chi connectivity index (χ1v) is 5.02. The molecule has 0 saturated carbocycles. The zero-order valence-electron chi connectivity index (χ0n) is 4.55. The van der Waals surface area contributed by atoms with E-state index in [4.69, 9.17) is 6.52 Å². The second kappa shape index (κ2) is 16.0. The SMILES string of the molecule is [CH2]CCC.[O]=[SnH][OH]. The number of hydrogen-bond acceptors (Lipinski definition) is 1. The van der Waals surface area contributed by atoms with Crippen molar-refractivity contribution in [2.24, 2.45) is 0 Å². The second-order valence-corrected chi connectivity index (χ2v) is 1.56. The van der Waals surface area contributed by atoms with Crippen molar-refractivity contribution in [3.05, 3.63) is 6.92 Å². The Hall–Kier alpha value is 0.559. The van der Waals surface area contributed by atoms with Gasteiger partial charge in [0.2, 0.25) is 0 Å². The van der Waals surface area contributed by atoms with Crippen LogP contribution in [0, 0.1) is 6.92 Å². The third-order valence-corrected chi connectivity index (χ3v) is 0.354. The van der Waals surface area contributed by atoms with E-state index in [1.165, 1.54) is 6.42 Å². The monoisotopic (exact) mass is 211 g/mol. The van der Waals surface area contributed by atoms with Crippen molar-refractivity contribution in [3.8, 4) is 0 Å². The molecule has 0 rings (SSSR count). The number of hydrogen-bond donors (Lipinski definition) is 1. The van der Waals surface area contributed by atoms with Crippen LogP contribution < -0.4 is 0 Å². The van der Waals surface area contributed by atoms with Crippen LogP contribution in [-0.4, -0.2) is 25.0 Å². The van der Waals surface area contributed by atoms with E-state index in [9.17, 15) is 0 Å². The van der Waals surface area contributed by atoms with Crippen molar-refractivity contribution in [2.75, 3.05) is 0 Å². The molecule has 0 aromatic carbocycles. The van der Waals surface area contributed by atoms with E-state index >= 15 is 0 Å². The van der Waals surface area contributed by atoms with E-state index in [1.54, 1.807) is 0 Å². The molecule has 0 unspecified atom stereocenters. The Balaban J connectivity index is 0. The molecule has 0 aromatic heterocycles. The summed E-state index contributed by atoms with van der Waals surface area (Å²) in [6.07, 6.45) is 2.28. The van der Waals surface area contributed by atoms with E-state index in [0.717, 1.165) is 6.42 Å². The predicted octanol–water partition coefficient (Wildman–Crippen LogP) is 0.296. The number of unbranched alkanes of at least 4 members (excludes halogenated alkanes) is 1. The molecule has 2 nitrogen and oxygen atoms in total. The van der Waals surface area contributed by atoms with Crippen LogP contribution in [-0.2, 0) is 3.08 Å². The van der Waals surface area contributed by atoms with Gasteiger partial charge in [-0.05, 0) is 0 Å². The van der Waals surface area contributed by atoms with E-state index < -0.39 is 21.5 Å². The maximum atomic E-state index is 8.68. The quantitative estimate of drug-likeness (QED) is 0.631. The van der Waals surface area contributed by atoms with Gasteiger partial charge in [-0.2, -0.15) is 0 Å². The van der Waals surface area contributed by atoms with E-state index in [-0.39, 0.29) is 0 Å². The van der Waals surface area contributed by atoms with Gasteiger partial charge < -0.3 is 0 Å². The average molecular weight is 210 g/mol. The number of rotatable bonds is 1. The van der Waals surface area contributed by atoms with Crippen molar-refractivity contribution in [2.45, 2.75) is 19.8 Å². The molecule has 0 amide bonds. The summed E-state index contributed by atoms with van der Waals surface area (Å²) in [6, 6.07) is 0. The van der Waals surface area contributed by atoms with Crippen molar-refractivity contribution in [3.63, 3.8) is 0 Å². The minimum atomic E-state index is -2.14. The third-order valence-electron chi connectivity index (χ3n) is 0.354. The molecule has 0 aliphatic carbocycles. The average Bonchev–Trinajstić information content (AvgIpc) is 1.69. The molecule has 0 spiro atoms. The predicted molar refractivity (Wildman–Crippen MR) is 30.3 cm³/mol. The Morgan fingerprint density at radius 1 is 1.86 bits per heavy atom.